The topological polar surface area (TPSA) is 76.2 Å². The van der Waals surface area contributed by atoms with Crippen LogP contribution in [0, 0.1) is 5.92 Å². The number of nitrogens with zero attached hydrogens (tertiary/aromatic N) is 2. The number of rotatable bonds is 7. The van der Waals surface area contributed by atoms with Crippen LogP contribution >= 0.6 is 0 Å². The van der Waals surface area contributed by atoms with Crippen LogP contribution in [-0.4, -0.2) is 44.1 Å². The minimum Gasteiger partial charge on any atom is -0.494 e. The zero-order valence-corrected chi connectivity index (χ0v) is 17.4. The van der Waals surface area contributed by atoms with Gasteiger partial charge in [-0.15, -0.1) is 0 Å². The molecule has 7 heteroatoms. The number of ether oxygens (including phenoxy) is 2. The monoisotopic (exact) mass is 410 g/mol. The number of likely N-dealkylation sites (N-methyl/N-ethyl adjacent to an activating group) is 1. The van der Waals surface area contributed by atoms with Gasteiger partial charge in [-0.2, -0.15) is 0 Å². The number of anilines is 2. The van der Waals surface area contributed by atoms with E-state index in [0.717, 1.165) is 5.75 Å². The molecule has 0 saturated carbocycles. The molecule has 0 bridgehead atoms. The summed E-state index contributed by atoms with van der Waals surface area (Å²) in [4.78, 5) is 40.6. The van der Waals surface area contributed by atoms with Crippen molar-refractivity contribution in [3.8, 4) is 5.75 Å². The van der Waals surface area contributed by atoms with E-state index in [1.54, 1.807) is 55.3 Å². The van der Waals surface area contributed by atoms with Gasteiger partial charge in [-0.25, -0.2) is 0 Å². The maximum absolute atomic E-state index is 12.6. The van der Waals surface area contributed by atoms with E-state index in [4.69, 9.17) is 9.47 Å². The van der Waals surface area contributed by atoms with E-state index >= 15 is 0 Å². The summed E-state index contributed by atoms with van der Waals surface area (Å²) in [5, 5.41) is 0. The second kappa shape index (κ2) is 9.43. The second-order valence-electron chi connectivity index (χ2n) is 7.14. The summed E-state index contributed by atoms with van der Waals surface area (Å²) < 4.78 is 10.8. The maximum Gasteiger partial charge on any atom is 0.312 e. The van der Waals surface area contributed by atoms with E-state index < -0.39 is 18.0 Å². The molecule has 2 aromatic rings. The van der Waals surface area contributed by atoms with Crippen molar-refractivity contribution in [3.05, 3.63) is 54.6 Å². The van der Waals surface area contributed by atoms with Gasteiger partial charge in [0.1, 0.15) is 5.75 Å². The van der Waals surface area contributed by atoms with Gasteiger partial charge in [-0.05, 0) is 50.2 Å². The summed E-state index contributed by atoms with van der Waals surface area (Å²) in [5.41, 5.74) is 1.41. The molecule has 158 valence electrons. The van der Waals surface area contributed by atoms with Crippen molar-refractivity contribution < 1.29 is 23.9 Å². The number of esters is 1. The lowest BCUT2D eigenvalue weighted by atomic mass is 10.1. The molecule has 30 heavy (non-hydrogen) atoms. The van der Waals surface area contributed by atoms with Gasteiger partial charge in [0.25, 0.3) is 5.91 Å². The Balaban J connectivity index is 1.59. The normalized spacial score (nSPS) is 16.8. The minimum atomic E-state index is -0.947. The predicted molar refractivity (Wildman–Crippen MR) is 113 cm³/mol. The van der Waals surface area contributed by atoms with Gasteiger partial charge in [-0.3, -0.25) is 14.4 Å². The van der Waals surface area contributed by atoms with Crippen LogP contribution in [0.3, 0.4) is 0 Å². The Hall–Kier alpha value is -3.35. The highest BCUT2D eigenvalue weighted by atomic mass is 16.5. The van der Waals surface area contributed by atoms with Gasteiger partial charge >= 0.3 is 5.97 Å². The fourth-order valence-corrected chi connectivity index (χ4v) is 3.38. The third kappa shape index (κ3) is 4.79. The lowest BCUT2D eigenvalue weighted by Gasteiger charge is -2.22. The Morgan fingerprint density at radius 3 is 2.43 bits per heavy atom. The van der Waals surface area contributed by atoms with Gasteiger partial charge in [0.05, 0.1) is 12.5 Å². The van der Waals surface area contributed by atoms with Crippen molar-refractivity contribution in [1.29, 1.82) is 0 Å². The summed E-state index contributed by atoms with van der Waals surface area (Å²) in [6.45, 7) is 4.23. The van der Waals surface area contributed by atoms with Crippen LogP contribution in [-0.2, 0) is 19.1 Å². The second-order valence-corrected chi connectivity index (χ2v) is 7.14. The standard InChI is InChI=1S/C23H26N2O5/c1-4-29-20-12-10-19(11-13-20)25-15-17(14-21(25)26)23(28)30-16(2)22(27)24(3)18-8-6-5-7-9-18/h5-13,16-17H,4,14-15H2,1-3H3. The summed E-state index contributed by atoms with van der Waals surface area (Å²) in [7, 11) is 1.63. The molecule has 1 saturated heterocycles. The lowest BCUT2D eigenvalue weighted by Crippen LogP contribution is -2.38. The molecule has 1 heterocycles. The minimum absolute atomic E-state index is 0.0570. The molecule has 0 radical (unpaired) electrons. The first kappa shape index (κ1) is 21.4. The van der Waals surface area contributed by atoms with E-state index in [1.807, 2.05) is 25.1 Å². The zero-order chi connectivity index (χ0) is 21.7. The van der Waals surface area contributed by atoms with Crippen LogP contribution in [0.1, 0.15) is 20.3 Å². The van der Waals surface area contributed by atoms with E-state index in [1.165, 1.54) is 4.90 Å². The third-order valence-corrected chi connectivity index (χ3v) is 5.03. The molecular weight excluding hydrogens is 384 g/mol. The van der Waals surface area contributed by atoms with Crippen molar-refractivity contribution in [2.45, 2.75) is 26.4 Å². The fraction of sp³-hybridized carbons (Fsp3) is 0.348. The number of amides is 2. The number of benzene rings is 2. The van der Waals surface area contributed by atoms with Crippen LogP contribution in [0.15, 0.2) is 54.6 Å². The third-order valence-electron chi connectivity index (χ3n) is 5.03. The highest BCUT2D eigenvalue weighted by Gasteiger charge is 2.37. The molecule has 0 spiro atoms. The quantitative estimate of drug-likeness (QED) is 0.656. The average Bonchev–Trinajstić information content (AvgIpc) is 3.16. The fourth-order valence-electron chi connectivity index (χ4n) is 3.38. The Kier molecular flexibility index (Phi) is 6.72. The maximum atomic E-state index is 12.6. The molecule has 3 rings (SSSR count). The molecule has 7 nitrogen and oxygen atoms in total. The van der Waals surface area contributed by atoms with Crippen molar-refractivity contribution in [1.82, 2.24) is 0 Å². The van der Waals surface area contributed by atoms with Crippen molar-refractivity contribution in [2.75, 3.05) is 30.0 Å². The molecular formula is C23H26N2O5. The van der Waals surface area contributed by atoms with E-state index in [-0.39, 0.29) is 24.8 Å². The zero-order valence-electron chi connectivity index (χ0n) is 17.4. The average molecular weight is 410 g/mol. The number of hydrogen-bond acceptors (Lipinski definition) is 5. The molecule has 1 aliphatic rings. The molecule has 2 aromatic carbocycles. The predicted octanol–water partition coefficient (Wildman–Crippen LogP) is 3.03. The Morgan fingerprint density at radius 1 is 1.13 bits per heavy atom. The van der Waals surface area contributed by atoms with Gasteiger partial charge in [0.2, 0.25) is 5.91 Å². The summed E-state index contributed by atoms with van der Waals surface area (Å²) >= 11 is 0. The van der Waals surface area contributed by atoms with Gasteiger partial charge < -0.3 is 19.3 Å². The number of hydrogen-bond donors (Lipinski definition) is 0. The Labute approximate surface area is 176 Å². The highest BCUT2D eigenvalue weighted by molar-refractivity contribution is 6.00. The molecule has 1 aliphatic heterocycles. The number of carbonyl (C=O) groups is 3. The van der Waals surface area contributed by atoms with E-state index in [9.17, 15) is 14.4 Å². The molecule has 0 aromatic heterocycles. The molecule has 0 N–H and O–H groups in total. The molecule has 2 atom stereocenters. The Morgan fingerprint density at radius 2 is 1.80 bits per heavy atom. The van der Waals surface area contributed by atoms with Crippen LogP contribution in [0.4, 0.5) is 11.4 Å². The first-order chi connectivity index (χ1) is 14.4. The van der Waals surface area contributed by atoms with Gasteiger partial charge in [-0.1, -0.05) is 18.2 Å². The molecule has 0 aliphatic carbocycles. The molecule has 2 amide bonds. The van der Waals surface area contributed by atoms with Crippen LogP contribution in [0.25, 0.3) is 0 Å². The first-order valence-corrected chi connectivity index (χ1v) is 9.97. The largest absolute Gasteiger partial charge is 0.494 e. The van der Waals surface area contributed by atoms with Crippen LogP contribution in [0.2, 0.25) is 0 Å². The van der Waals surface area contributed by atoms with Crippen molar-refractivity contribution in [3.63, 3.8) is 0 Å². The van der Waals surface area contributed by atoms with Crippen molar-refractivity contribution >= 4 is 29.2 Å². The lowest BCUT2D eigenvalue weighted by molar-refractivity contribution is -0.157. The SMILES string of the molecule is CCOc1ccc(N2CC(C(=O)OC(C)C(=O)N(C)c3ccccc3)CC2=O)cc1. The smallest absolute Gasteiger partial charge is 0.312 e. The molecule has 2 unspecified atom stereocenters. The van der Waals surface area contributed by atoms with E-state index in [2.05, 4.69) is 0 Å². The van der Waals surface area contributed by atoms with Gasteiger partial charge in [0.15, 0.2) is 6.10 Å². The summed E-state index contributed by atoms with van der Waals surface area (Å²) in [5.74, 6) is -0.914. The van der Waals surface area contributed by atoms with Crippen LogP contribution in [0.5, 0.6) is 5.75 Å². The first-order valence-electron chi connectivity index (χ1n) is 9.97. The van der Waals surface area contributed by atoms with E-state index in [0.29, 0.717) is 18.0 Å². The summed E-state index contributed by atoms with van der Waals surface area (Å²) in [6, 6.07) is 16.3. The van der Waals surface area contributed by atoms with Crippen molar-refractivity contribution in [2.24, 2.45) is 5.92 Å². The highest BCUT2D eigenvalue weighted by Crippen LogP contribution is 2.28. The molecule has 1 fully saturated rings. The van der Waals surface area contributed by atoms with Gasteiger partial charge in [0, 0.05) is 31.4 Å². The number of para-hydroxylation sites is 1. The Bertz CT molecular complexity index is 898. The van der Waals surface area contributed by atoms with Crippen LogP contribution < -0.4 is 14.5 Å². The number of carbonyl (C=O) groups excluding carboxylic acids is 3. The summed E-state index contributed by atoms with van der Waals surface area (Å²) in [6.07, 6.45) is -0.890.